The molecule has 0 atom stereocenters. The summed E-state index contributed by atoms with van der Waals surface area (Å²) in [5.41, 5.74) is 0.501. The second kappa shape index (κ2) is 7.72. The van der Waals surface area contributed by atoms with E-state index in [1.165, 1.54) is 6.07 Å². The number of carbonyl (C=O) groups is 1. The summed E-state index contributed by atoms with van der Waals surface area (Å²) < 4.78 is 5.40. The molecule has 0 fully saturated rings. The predicted molar refractivity (Wildman–Crippen MR) is 78.7 cm³/mol. The minimum Gasteiger partial charge on any atom is -0.488 e. The first kappa shape index (κ1) is 16.3. The molecule has 1 amide bonds. The van der Waals surface area contributed by atoms with Crippen LogP contribution in [0.25, 0.3) is 0 Å². The molecule has 0 unspecified atom stereocenters. The van der Waals surface area contributed by atoms with Crippen LogP contribution in [-0.2, 0) is 11.3 Å². The number of carbonyl (C=O) groups excluding carboxylic acids is 1. The maximum atomic E-state index is 11.8. The van der Waals surface area contributed by atoms with Gasteiger partial charge in [0.15, 0.2) is 5.75 Å². The summed E-state index contributed by atoms with van der Waals surface area (Å²) in [6.07, 6.45) is 2.04. The fourth-order valence-corrected chi connectivity index (χ4v) is 1.61. The molecule has 20 heavy (non-hydrogen) atoms. The smallest absolute Gasteiger partial charge is 0.223 e. The van der Waals surface area contributed by atoms with Crippen molar-refractivity contribution in [1.82, 2.24) is 10.3 Å². The number of nitrogens with one attached hydrogen (secondary N) is 2. The third-order valence-corrected chi connectivity index (χ3v) is 2.58. The van der Waals surface area contributed by atoms with E-state index in [0.29, 0.717) is 42.9 Å². The molecule has 2 N–H and O–H groups in total. The van der Waals surface area contributed by atoms with Crippen molar-refractivity contribution in [1.29, 1.82) is 0 Å². The maximum absolute atomic E-state index is 11.8. The van der Waals surface area contributed by atoms with E-state index in [1.807, 2.05) is 27.7 Å². The van der Waals surface area contributed by atoms with E-state index in [-0.39, 0.29) is 11.3 Å². The molecule has 1 aromatic heterocycles. The van der Waals surface area contributed by atoms with Gasteiger partial charge in [-0.25, -0.2) is 0 Å². The van der Waals surface area contributed by atoms with Crippen LogP contribution in [0.3, 0.4) is 0 Å². The Balaban J connectivity index is 2.55. The van der Waals surface area contributed by atoms with Crippen molar-refractivity contribution in [3.63, 3.8) is 0 Å². The largest absolute Gasteiger partial charge is 0.488 e. The van der Waals surface area contributed by atoms with Crippen molar-refractivity contribution in [2.75, 3.05) is 6.61 Å². The minimum absolute atomic E-state index is 0.0130. The summed E-state index contributed by atoms with van der Waals surface area (Å²) >= 11 is 0. The summed E-state index contributed by atoms with van der Waals surface area (Å²) in [7, 11) is 0. The summed E-state index contributed by atoms with van der Waals surface area (Å²) in [5, 5.41) is 2.78. The predicted octanol–water partition coefficient (Wildman–Crippen LogP) is 2.07. The molecule has 0 bridgehead atoms. The van der Waals surface area contributed by atoms with Gasteiger partial charge in [0.1, 0.15) is 0 Å². The number of H-pyrrole nitrogens is 1. The molecule has 0 aliphatic carbocycles. The summed E-state index contributed by atoms with van der Waals surface area (Å²) in [5.74, 6) is 0.988. The average Bonchev–Trinajstić information content (AvgIpc) is 2.34. The Kier molecular flexibility index (Phi) is 6.28. The van der Waals surface area contributed by atoms with Gasteiger partial charge in [-0.3, -0.25) is 9.59 Å². The first-order valence-electron chi connectivity index (χ1n) is 6.99. The van der Waals surface area contributed by atoms with Gasteiger partial charge in [-0.05, 0) is 11.8 Å². The van der Waals surface area contributed by atoms with E-state index >= 15 is 0 Å². The highest BCUT2D eigenvalue weighted by Crippen LogP contribution is 2.05. The SMILES string of the molecule is CC(C)COc1c[nH]c(CNC(=O)CC(C)C)cc1=O. The Morgan fingerprint density at radius 2 is 2.00 bits per heavy atom. The number of amides is 1. The third-order valence-electron chi connectivity index (χ3n) is 2.58. The van der Waals surface area contributed by atoms with Gasteiger partial charge in [0.2, 0.25) is 11.3 Å². The monoisotopic (exact) mass is 280 g/mol. The average molecular weight is 280 g/mol. The van der Waals surface area contributed by atoms with Crippen LogP contribution < -0.4 is 15.5 Å². The van der Waals surface area contributed by atoms with E-state index in [9.17, 15) is 9.59 Å². The van der Waals surface area contributed by atoms with Crippen LogP contribution in [0.4, 0.5) is 0 Å². The van der Waals surface area contributed by atoms with Crippen molar-refractivity contribution < 1.29 is 9.53 Å². The second-order valence-corrected chi connectivity index (χ2v) is 5.77. The fourth-order valence-electron chi connectivity index (χ4n) is 1.61. The van der Waals surface area contributed by atoms with Crippen LogP contribution in [-0.4, -0.2) is 17.5 Å². The molecule has 0 saturated heterocycles. The van der Waals surface area contributed by atoms with Crippen molar-refractivity contribution >= 4 is 5.91 Å². The van der Waals surface area contributed by atoms with E-state index in [2.05, 4.69) is 10.3 Å². The molecule has 5 heteroatoms. The molecule has 112 valence electrons. The molecule has 0 aliphatic heterocycles. The van der Waals surface area contributed by atoms with Gasteiger partial charge in [-0.1, -0.05) is 27.7 Å². The van der Waals surface area contributed by atoms with E-state index in [4.69, 9.17) is 4.74 Å². The number of hydrogen-bond donors (Lipinski definition) is 2. The van der Waals surface area contributed by atoms with Gasteiger partial charge in [0.25, 0.3) is 0 Å². The highest BCUT2D eigenvalue weighted by molar-refractivity contribution is 5.75. The van der Waals surface area contributed by atoms with Crippen LogP contribution in [0.2, 0.25) is 0 Å². The second-order valence-electron chi connectivity index (χ2n) is 5.77. The van der Waals surface area contributed by atoms with E-state index in [1.54, 1.807) is 6.20 Å². The molecular formula is C15H24N2O3. The third kappa shape index (κ3) is 5.91. The summed E-state index contributed by atoms with van der Waals surface area (Å²) in [4.78, 5) is 26.3. The zero-order chi connectivity index (χ0) is 15.1. The molecule has 0 aromatic carbocycles. The molecule has 0 radical (unpaired) electrons. The number of aromatic amines is 1. The first-order chi connectivity index (χ1) is 9.38. The van der Waals surface area contributed by atoms with Gasteiger partial charge < -0.3 is 15.0 Å². The molecule has 5 nitrogen and oxygen atoms in total. The van der Waals surface area contributed by atoms with Crippen LogP contribution in [0.15, 0.2) is 17.1 Å². The maximum Gasteiger partial charge on any atom is 0.223 e. The molecular weight excluding hydrogens is 256 g/mol. The molecule has 0 aliphatic rings. The normalized spacial score (nSPS) is 10.9. The van der Waals surface area contributed by atoms with Crippen LogP contribution in [0.5, 0.6) is 5.75 Å². The van der Waals surface area contributed by atoms with Gasteiger partial charge in [0, 0.05) is 24.4 Å². The first-order valence-corrected chi connectivity index (χ1v) is 6.99. The van der Waals surface area contributed by atoms with Crippen LogP contribution in [0.1, 0.15) is 39.8 Å². The van der Waals surface area contributed by atoms with Gasteiger partial charge in [-0.15, -0.1) is 0 Å². The number of aromatic nitrogens is 1. The van der Waals surface area contributed by atoms with E-state index in [0.717, 1.165) is 0 Å². The van der Waals surface area contributed by atoms with Crippen LogP contribution in [0, 0.1) is 11.8 Å². The highest BCUT2D eigenvalue weighted by atomic mass is 16.5. The molecule has 0 spiro atoms. The van der Waals surface area contributed by atoms with Crippen molar-refractivity contribution in [2.24, 2.45) is 11.8 Å². The van der Waals surface area contributed by atoms with Crippen molar-refractivity contribution in [3.8, 4) is 5.75 Å². The molecule has 1 aromatic rings. The van der Waals surface area contributed by atoms with Crippen molar-refractivity contribution in [2.45, 2.75) is 40.7 Å². The Morgan fingerprint density at radius 1 is 1.30 bits per heavy atom. The number of hydrogen-bond acceptors (Lipinski definition) is 3. The lowest BCUT2D eigenvalue weighted by atomic mass is 10.1. The quantitative estimate of drug-likeness (QED) is 0.803. The fraction of sp³-hybridized carbons (Fsp3) is 0.600. The van der Waals surface area contributed by atoms with Crippen molar-refractivity contribution in [3.05, 3.63) is 28.2 Å². The Morgan fingerprint density at radius 3 is 2.55 bits per heavy atom. The summed E-state index contributed by atoms with van der Waals surface area (Å²) in [6.45, 7) is 8.85. The van der Waals surface area contributed by atoms with Gasteiger partial charge in [0.05, 0.1) is 13.2 Å². The minimum atomic E-state index is -0.169. The Hall–Kier alpha value is -1.78. The molecule has 1 heterocycles. The van der Waals surface area contributed by atoms with Gasteiger partial charge in [-0.2, -0.15) is 0 Å². The standard InChI is InChI=1S/C15H24N2O3/c1-10(2)5-15(19)17-7-12-6-13(18)14(8-16-12)20-9-11(3)4/h6,8,10-11H,5,7,9H2,1-4H3,(H,16,18)(H,17,19). The van der Waals surface area contributed by atoms with E-state index < -0.39 is 0 Å². The highest BCUT2D eigenvalue weighted by Gasteiger charge is 2.07. The summed E-state index contributed by atoms with van der Waals surface area (Å²) in [6, 6.07) is 1.46. The topological polar surface area (TPSA) is 71.2 Å². The number of rotatable bonds is 7. The number of ether oxygens (including phenoxy) is 1. The lowest BCUT2D eigenvalue weighted by Gasteiger charge is -2.10. The Bertz CT molecular complexity index is 492. The Labute approximate surface area is 119 Å². The lowest BCUT2D eigenvalue weighted by molar-refractivity contribution is -0.121. The molecule has 0 saturated carbocycles. The number of pyridine rings is 1. The van der Waals surface area contributed by atoms with Gasteiger partial charge >= 0.3 is 0 Å². The zero-order valence-electron chi connectivity index (χ0n) is 12.7. The zero-order valence-corrected chi connectivity index (χ0v) is 12.7. The van der Waals surface area contributed by atoms with Crippen LogP contribution >= 0.6 is 0 Å². The molecule has 1 rings (SSSR count). The lowest BCUT2D eigenvalue weighted by Crippen LogP contribution is -2.25.